The maximum atomic E-state index is 14.1. The molecule has 4 bridgehead atoms. The first-order valence-corrected chi connectivity index (χ1v) is 21.1. The number of aliphatic hydroxyl groups excluding tert-OH is 1. The van der Waals surface area contributed by atoms with Crippen molar-refractivity contribution < 1.29 is 53.1 Å². The number of benzene rings is 3. The van der Waals surface area contributed by atoms with Gasteiger partial charge in [-0.2, -0.15) is 0 Å². The number of carbonyl (C=O) groups is 4. The van der Waals surface area contributed by atoms with E-state index in [1.165, 1.54) is 31.9 Å². The maximum absolute atomic E-state index is 14.1. The molecule has 0 aromatic heterocycles. The van der Waals surface area contributed by atoms with Gasteiger partial charge in [-0.05, 0) is 56.0 Å². The van der Waals surface area contributed by atoms with E-state index in [1.807, 2.05) is 55.3 Å². The Bertz CT molecular complexity index is 2270. The topological polar surface area (TPSA) is 185 Å². The molecule has 6 heterocycles. The van der Waals surface area contributed by atoms with Gasteiger partial charge in [-0.3, -0.25) is 24.2 Å². The lowest BCUT2D eigenvalue weighted by Crippen LogP contribution is -2.69. The van der Waals surface area contributed by atoms with Crippen LogP contribution in [-0.2, 0) is 30.3 Å². The number of methoxy groups -OCH3 is 1. The van der Waals surface area contributed by atoms with E-state index in [0.717, 1.165) is 16.7 Å². The van der Waals surface area contributed by atoms with Crippen LogP contribution in [0.4, 0.5) is 0 Å². The first kappa shape index (κ1) is 41.4. The van der Waals surface area contributed by atoms with Gasteiger partial charge in [-0.25, -0.2) is 4.79 Å². The molecule has 0 spiro atoms. The van der Waals surface area contributed by atoms with Gasteiger partial charge < -0.3 is 44.5 Å². The van der Waals surface area contributed by atoms with Crippen molar-refractivity contribution >= 4 is 41.6 Å². The second-order valence-corrected chi connectivity index (χ2v) is 17.4. The highest BCUT2D eigenvalue weighted by molar-refractivity contribution is 7.99. The molecule has 8 atom stereocenters. The molecule has 16 heteroatoms. The predicted octanol–water partition coefficient (Wildman–Crippen LogP) is 4.00. The number of fused-ring (bicyclic) bond motifs is 10. The van der Waals surface area contributed by atoms with E-state index in [4.69, 9.17) is 23.7 Å². The standard InChI is InChI=1S/C44H50N4O11S/c1-20(2)33(46-29(50)14-13-24-11-9-8-10-12-24)42(52)45-26-18-60-41-32-31(40-39(57-19-58-40)22(4)38(32)59-23(5)49)28(17-56-44(26)54)48-35(41)34-30-25(16-27(43(48)53)47(34)6)15-21(3)37(55-7)36(30)51/h8-15,20,26-28,33-35,41,43,51,53H,16-19H2,1-7H3,(H,45,52)(H,46,50)/b14-13+/t26-,27-,28+,33?,34-,35?,41+,43-/m0/s1. The van der Waals surface area contributed by atoms with Gasteiger partial charge in [-0.1, -0.05) is 50.2 Å². The number of nitrogens with one attached hydrogen (secondary N) is 2. The average Bonchev–Trinajstić information content (AvgIpc) is 3.71. The molecule has 2 fully saturated rings. The summed E-state index contributed by atoms with van der Waals surface area (Å²) < 4.78 is 30.0. The van der Waals surface area contributed by atoms with Crippen LogP contribution >= 0.6 is 11.8 Å². The lowest BCUT2D eigenvalue weighted by atomic mass is 9.73. The number of carbonyl (C=O) groups excluding carboxylic acids is 4. The highest BCUT2D eigenvalue weighted by Crippen LogP contribution is 2.63. The van der Waals surface area contributed by atoms with E-state index in [9.17, 15) is 29.4 Å². The van der Waals surface area contributed by atoms with E-state index in [2.05, 4.69) is 15.5 Å². The van der Waals surface area contributed by atoms with Gasteiger partial charge in [0.1, 0.15) is 30.7 Å². The Morgan fingerprint density at radius 3 is 2.47 bits per heavy atom. The predicted molar refractivity (Wildman–Crippen MR) is 221 cm³/mol. The Hall–Kier alpha value is -5.29. The maximum Gasteiger partial charge on any atom is 0.329 e. The van der Waals surface area contributed by atoms with Crippen LogP contribution < -0.4 is 29.6 Å². The summed E-state index contributed by atoms with van der Waals surface area (Å²) in [6.07, 6.45) is 2.33. The van der Waals surface area contributed by atoms with Crippen molar-refractivity contribution in [2.75, 3.05) is 33.3 Å². The van der Waals surface area contributed by atoms with E-state index < -0.39 is 71.5 Å². The van der Waals surface area contributed by atoms with Gasteiger partial charge in [0.25, 0.3) is 0 Å². The molecule has 9 rings (SSSR count). The van der Waals surface area contributed by atoms with Gasteiger partial charge >= 0.3 is 11.9 Å². The fraction of sp³-hybridized carbons (Fsp3) is 0.455. The number of likely N-dealkylation sites (N-methyl/N-ethyl adjacent to an activating group) is 1. The summed E-state index contributed by atoms with van der Waals surface area (Å²) in [5.74, 6) is -1.27. The molecule has 0 radical (unpaired) electrons. The van der Waals surface area contributed by atoms with Crippen molar-refractivity contribution in [3.05, 3.63) is 81.4 Å². The lowest BCUT2D eigenvalue weighted by molar-refractivity contribution is -0.184. The molecule has 2 unspecified atom stereocenters. The third-order valence-corrected chi connectivity index (χ3v) is 13.7. The van der Waals surface area contributed by atoms with Gasteiger partial charge in [0.15, 0.2) is 23.0 Å². The minimum absolute atomic E-state index is 0.00337. The van der Waals surface area contributed by atoms with Crippen LogP contribution in [0.25, 0.3) is 6.08 Å². The number of aryl methyl sites for hydroxylation is 1. The number of phenolic OH excluding ortho intramolecular Hbond substituents is 1. The summed E-state index contributed by atoms with van der Waals surface area (Å²) in [6.45, 7) is 8.18. The SMILES string of the molecule is COc1c(C)cc2c(c1O)[C@H]1C3[C@@H]4SC[C@H](NC(=O)C(NC(=O)/C=C/c5ccccc5)C(C)C)C(=O)OC[C@H](c5c6c(c(C)c(OC(C)=O)c54)OCO6)N3[C@@H](O)[C@H](C2)N1C. The molecule has 2 amide bonds. The summed E-state index contributed by atoms with van der Waals surface area (Å²) in [5, 5.41) is 29.5. The molecule has 0 saturated carbocycles. The number of aromatic hydroxyl groups is 1. The van der Waals surface area contributed by atoms with Crippen molar-refractivity contribution in [1.82, 2.24) is 20.4 Å². The van der Waals surface area contributed by atoms with Crippen LogP contribution in [0.1, 0.15) is 77.0 Å². The molecule has 3 aromatic carbocycles. The Labute approximate surface area is 352 Å². The number of hydrogen-bond acceptors (Lipinski definition) is 14. The molecule has 2 saturated heterocycles. The van der Waals surface area contributed by atoms with Gasteiger partial charge in [0.2, 0.25) is 18.6 Å². The number of hydrogen-bond donors (Lipinski definition) is 4. The summed E-state index contributed by atoms with van der Waals surface area (Å²) >= 11 is 1.32. The minimum Gasteiger partial charge on any atom is -0.504 e. The van der Waals surface area contributed by atoms with Crippen molar-refractivity contribution in [2.45, 2.75) is 88.8 Å². The summed E-state index contributed by atoms with van der Waals surface area (Å²) in [5.41, 5.74) is 4.79. The third-order valence-electron chi connectivity index (χ3n) is 12.3. The number of ether oxygens (including phenoxy) is 5. The van der Waals surface area contributed by atoms with Crippen LogP contribution in [0, 0.1) is 19.8 Å². The van der Waals surface area contributed by atoms with Gasteiger partial charge in [0, 0.05) is 47.0 Å². The zero-order valence-electron chi connectivity index (χ0n) is 34.5. The third kappa shape index (κ3) is 7.02. The number of rotatable bonds is 8. The smallest absolute Gasteiger partial charge is 0.329 e. The quantitative estimate of drug-likeness (QED) is 0.145. The molecule has 318 valence electrons. The summed E-state index contributed by atoms with van der Waals surface area (Å²) in [6, 6.07) is 6.66. The van der Waals surface area contributed by atoms with Crippen LogP contribution in [0.3, 0.4) is 0 Å². The molecule has 6 aliphatic rings. The zero-order chi connectivity index (χ0) is 42.7. The van der Waals surface area contributed by atoms with Crippen LogP contribution in [0.5, 0.6) is 28.7 Å². The highest BCUT2D eigenvalue weighted by Gasteiger charge is 2.60. The number of nitrogens with zero attached hydrogens (tertiary/aromatic N) is 2. The van der Waals surface area contributed by atoms with Gasteiger partial charge in [-0.15, -0.1) is 11.8 Å². The van der Waals surface area contributed by atoms with Crippen molar-refractivity contribution in [1.29, 1.82) is 0 Å². The van der Waals surface area contributed by atoms with Crippen molar-refractivity contribution in [3.8, 4) is 28.7 Å². The summed E-state index contributed by atoms with van der Waals surface area (Å²) in [7, 11) is 3.42. The fourth-order valence-corrected chi connectivity index (χ4v) is 11.1. The summed E-state index contributed by atoms with van der Waals surface area (Å²) in [4.78, 5) is 58.1. The van der Waals surface area contributed by atoms with E-state index in [1.54, 1.807) is 26.8 Å². The number of piperazine rings is 1. The number of thioether (sulfide) groups is 1. The number of esters is 2. The van der Waals surface area contributed by atoms with Crippen LogP contribution in [0.2, 0.25) is 0 Å². The molecule has 60 heavy (non-hydrogen) atoms. The largest absolute Gasteiger partial charge is 0.504 e. The minimum atomic E-state index is -1.17. The van der Waals surface area contributed by atoms with Crippen LogP contribution in [-0.4, -0.2) is 107 Å². The highest BCUT2D eigenvalue weighted by atomic mass is 32.2. The number of amides is 2. The first-order valence-electron chi connectivity index (χ1n) is 20.0. The molecule has 6 aliphatic heterocycles. The van der Waals surface area contributed by atoms with Crippen LogP contribution in [0.15, 0.2) is 42.5 Å². The number of aliphatic hydroxyl groups is 1. The van der Waals surface area contributed by atoms with Gasteiger partial charge in [0.05, 0.1) is 30.5 Å². The molecule has 3 aromatic rings. The molecule has 15 nitrogen and oxygen atoms in total. The normalized spacial score (nSPS) is 26.1. The monoisotopic (exact) mass is 842 g/mol. The van der Waals surface area contributed by atoms with E-state index >= 15 is 0 Å². The molecular formula is C44H50N4O11S. The van der Waals surface area contributed by atoms with Crippen molar-refractivity contribution in [3.63, 3.8) is 0 Å². The fourth-order valence-electron chi connectivity index (χ4n) is 9.61. The molecular weight excluding hydrogens is 793 g/mol. The second kappa shape index (κ2) is 16.3. The number of phenols is 1. The Balaban J connectivity index is 1.22. The van der Waals surface area contributed by atoms with E-state index in [-0.39, 0.29) is 36.6 Å². The Morgan fingerprint density at radius 1 is 1.03 bits per heavy atom. The molecule has 0 aliphatic carbocycles. The second-order valence-electron chi connectivity index (χ2n) is 16.3. The Morgan fingerprint density at radius 2 is 1.77 bits per heavy atom. The van der Waals surface area contributed by atoms with E-state index in [0.29, 0.717) is 45.9 Å². The average molecular weight is 843 g/mol. The first-order chi connectivity index (χ1) is 28.7. The zero-order valence-corrected chi connectivity index (χ0v) is 35.3. The Kier molecular flexibility index (Phi) is 11.3. The lowest BCUT2D eigenvalue weighted by Gasteiger charge is -2.62. The molecule has 4 N–H and O–H groups in total. The van der Waals surface area contributed by atoms with Crippen molar-refractivity contribution in [2.24, 2.45) is 5.92 Å².